The Morgan fingerprint density at radius 2 is 2.08 bits per heavy atom. The molecule has 6 heteroatoms. The average Bonchev–Trinajstić information content (AvgIpc) is 2.60. The molecule has 0 saturated carbocycles. The maximum absolute atomic E-state index is 9.43. The number of hydrogen-bond acceptors (Lipinski definition) is 5. The zero-order valence-corrected chi connectivity index (χ0v) is 14.7. The van der Waals surface area contributed by atoms with Crippen LogP contribution in [0.1, 0.15) is 18.4 Å². The third-order valence-electron chi connectivity index (χ3n) is 4.86. The molecule has 0 unspecified atom stereocenters. The maximum Gasteiger partial charge on any atom is 0.128 e. The number of ether oxygens (including phenoxy) is 1. The van der Waals surface area contributed by atoms with E-state index in [2.05, 4.69) is 35.4 Å². The van der Waals surface area contributed by atoms with Gasteiger partial charge in [0.05, 0.1) is 17.1 Å². The van der Waals surface area contributed by atoms with E-state index in [9.17, 15) is 5.26 Å². The molecule has 1 fully saturated rings. The summed E-state index contributed by atoms with van der Waals surface area (Å²) in [5.74, 6) is 0.717. The third-order valence-corrected chi connectivity index (χ3v) is 5.10. The second kappa shape index (κ2) is 6.94. The highest BCUT2D eigenvalue weighted by Gasteiger charge is 2.34. The summed E-state index contributed by atoms with van der Waals surface area (Å²) in [6, 6.07) is 9.46. The second-order valence-corrected chi connectivity index (χ2v) is 6.85. The van der Waals surface area contributed by atoms with Gasteiger partial charge in [-0.3, -0.25) is 0 Å². The predicted molar refractivity (Wildman–Crippen MR) is 96.4 cm³/mol. The van der Waals surface area contributed by atoms with E-state index in [1.54, 1.807) is 18.2 Å². The molecule has 2 heterocycles. The Morgan fingerprint density at radius 3 is 2.75 bits per heavy atom. The number of anilines is 1. The van der Waals surface area contributed by atoms with Gasteiger partial charge >= 0.3 is 0 Å². The van der Waals surface area contributed by atoms with Crippen LogP contribution in [-0.4, -0.2) is 49.3 Å². The first-order chi connectivity index (χ1) is 11.5. The van der Waals surface area contributed by atoms with Crippen molar-refractivity contribution in [2.75, 3.05) is 39.2 Å². The summed E-state index contributed by atoms with van der Waals surface area (Å²) in [5.41, 5.74) is 1.39. The minimum Gasteiger partial charge on any atom is -0.381 e. The van der Waals surface area contributed by atoms with Crippen LogP contribution in [-0.2, 0) is 4.74 Å². The molecule has 0 amide bonds. The Morgan fingerprint density at radius 1 is 1.33 bits per heavy atom. The normalized spacial score (nSPS) is 17.0. The zero-order chi connectivity index (χ0) is 17.2. The maximum atomic E-state index is 9.43. The molecular weight excluding hydrogens is 324 g/mol. The summed E-state index contributed by atoms with van der Waals surface area (Å²) < 4.78 is 5.51. The molecule has 1 aromatic heterocycles. The molecule has 3 rings (SSSR count). The SMILES string of the molecule is CN(C)C1(CNc2cc(C#N)c3cc(Cl)ccc3n2)CCOCC1. The number of nitrogens with one attached hydrogen (secondary N) is 1. The number of fused-ring (bicyclic) bond motifs is 1. The van der Waals surface area contributed by atoms with Gasteiger partial charge in [0.1, 0.15) is 5.82 Å². The Labute approximate surface area is 147 Å². The lowest BCUT2D eigenvalue weighted by atomic mass is 9.88. The summed E-state index contributed by atoms with van der Waals surface area (Å²) in [6.07, 6.45) is 1.95. The van der Waals surface area contributed by atoms with Gasteiger partial charge in [0.25, 0.3) is 0 Å². The number of hydrogen-bond donors (Lipinski definition) is 1. The molecule has 0 aliphatic carbocycles. The minimum atomic E-state index is 0.0433. The standard InChI is InChI=1S/C18H21ClN4O/c1-23(2)18(5-7-24-8-6-18)12-21-17-9-13(11-20)15-10-14(19)3-4-16(15)22-17/h3-4,9-10H,5-8,12H2,1-2H3,(H,21,22). The van der Waals surface area contributed by atoms with Crippen LogP contribution in [0.4, 0.5) is 5.82 Å². The summed E-state index contributed by atoms with van der Waals surface area (Å²) in [7, 11) is 4.20. The Balaban J connectivity index is 1.87. The average molecular weight is 345 g/mol. The van der Waals surface area contributed by atoms with Crippen LogP contribution in [0, 0.1) is 11.3 Å². The van der Waals surface area contributed by atoms with Gasteiger partial charge in [-0.25, -0.2) is 4.98 Å². The highest BCUT2D eigenvalue weighted by atomic mass is 35.5. The fraction of sp³-hybridized carbons (Fsp3) is 0.444. The number of nitrogens with zero attached hydrogens (tertiary/aromatic N) is 3. The molecule has 0 spiro atoms. The topological polar surface area (TPSA) is 61.2 Å². The molecule has 1 saturated heterocycles. The summed E-state index contributed by atoms with van der Waals surface area (Å²) >= 11 is 6.03. The quantitative estimate of drug-likeness (QED) is 0.922. The van der Waals surface area contributed by atoms with Crippen molar-refractivity contribution in [1.29, 1.82) is 5.26 Å². The molecule has 0 bridgehead atoms. The van der Waals surface area contributed by atoms with Crippen molar-refractivity contribution in [1.82, 2.24) is 9.88 Å². The molecule has 1 aliphatic heterocycles. The van der Waals surface area contributed by atoms with Gasteiger partial charge in [-0.15, -0.1) is 0 Å². The van der Waals surface area contributed by atoms with Gasteiger partial charge in [0, 0.05) is 35.7 Å². The number of likely N-dealkylation sites (N-methyl/N-ethyl adjacent to an activating group) is 1. The van der Waals surface area contributed by atoms with Crippen molar-refractivity contribution >= 4 is 28.3 Å². The largest absolute Gasteiger partial charge is 0.381 e. The van der Waals surface area contributed by atoms with E-state index >= 15 is 0 Å². The smallest absolute Gasteiger partial charge is 0.128 e. The Hall–Kier alpha value is -1.87. The first-order valence-electron chi connectivity index (χ1n) is 8.03. The van der Waals surface area contributed by atoms with Crippen LogP contribution < -0.4 is 5.32 Å². The van der Waals surface area contributed by atoms with Crippen LogP contribution in [0.3, 0.4) is 0 Å². The van der Waals surface area contributed by atoms with Gasteiger partial charge < -0.3 is 15.0 Å². The molecule has 5 nitrogen and oxygen atoms in total. The van der Waals surface area contributed by atoms with Crippen LogP contribution in [0.25, 0.3) is 10.9 Å². The molecular formula is C18H21ClN4O. The van der Waals surface area contributed by atoms with Crippen molar-refractivity contribution < 1.29 is 4.74 Å². The molecule has 2 aromatic rings. The predicted octanol–water partition coefficient (Wildman–Crippen LogP) is 3.28. The molecule has 126 valence electrons. The monoisotopic (exact) mass is 344 g/mol. The van der Waals surface area contributed by atoms with Gasteiger partial charge in [-0.1, -0.05) is 11.6 Å². The Bertz CT molecular complexity index is 778. The lowest BCUT2D eigenvalue weighted by Gasteiger charge is -2.43. The van der Waals surface area contributed by atoms with Crippen LogP contribution in [0.2, 0.25) is 5.02 Å². The highest BCUT2D eigenvalue weighted by molar-refractivity contribution is 6.31. The molecule has 1 N–H and O–H groups in total. The van der Waals surface area contributed by atoms with Crippen molar-refractivity contribution in [2.24, 2.45) is 0 Å². The highest BCUT2D eigenvalue weighted by Crippen LogP contribution is 2.28. The van der Waals surface area contributed by atoms with E-state index in [0.717, 1.165) is 43.5 Å². The van der Waals surface area contributed by atoms with Gasteiger partial charge in [-0.05, 0) is 51.2 Å². The number of benzene rings is 1. The summed E-state index contributed by atoms with van der Waals surface area (Å²) in [4.78, 5) is 6.89. The van der Waals surface area contributed by atoms with Crippen molar-refractivity contribution in [3.05, 3.63) is 34.9 Å². The van der Waals surface area contributed by atoms with E-state index in [-0.39, 0.29) is 5.54 Å². The van der Waals surface area contributed by atoms with Crippen LogP contribution >= 0.6 is 11.6 Å². The van der Waals surface area contributed by atoms with Gasteiger partial charge in [0.2, 0.25) is 0 Å². The fourth-order valence-electron chi connectivity index (χ4n) is 3.17. The number of halogens is 1. The second-order valence-electron chi connectivity index (χ2n) is 6.41. The van der Waals surface area contributed by atoms with Crippen molar-refractivity contribution in [3.63, 3.8) is 0 Å². The minimum absolute atomic E-state index is 0.0433. The number of nitriles is 1. The van der Waals surface area contributed by atoms with Crippen molar-refractivity contribution in [2.45, 2.75) is 18.4 Å². The molecule has 0 radical (unpaired) electrons. The van der Waals surface area contributed by atoms with E-state index in [0.29, 0.717) is 16.4 Å². The van der Waals surface area contributed by atoms with E-state index in [4.69, 9.17) is 16.3 Å². The van der Waals surface area contributed by atoms with E-state index < -0.39 is 0 Å². The molecule has 1 aromatic carbocycles. The first kappa shape index (κ1) is 17.0. The fourth-order valence-corrected chi connectivity index (χ4v) is 3.34. The molecule has 0 atom stereocenters. The lowest BCUT2D eigenvalue weighted by Crippen LogP contribution is -2.53. The molecule has 1 aliphatic rings. The molecule has 24 heavy (non-hydrogen) atoms. The van der Waals surface area contributed by atoms with Crippen molar-refractivity contribution in [3.8, 4) is 6.07 Å². The lowest BCUT2D eigenvalue weighted by molar-refractivity contribution is -0.000662. The zero-order valence-electron chi connectivity index (χ0n) is 14.0. The van der Waals surface area contributed by atoms with Gasteiger partial charge in [-0.2, -0.15) is 5.26 Å². The summed E-state index contributed by atoms with van der Waals surface area (Å²) in [5, 5.41) is 14.2. The van der Waals surface area contributed by atoms with Crippen LogP contribution in [0.5, 0.6) is 0 Å². The number of pyridine rings is 1. The van der Waals surface area contributed by atoms with E-state index in [1.807, 2.05) is 6.07 Å². The number of aromatic nitrogens is 1. The van der Waals surface area contributed by atoms with Crippen LogP contribution in [0.15, 0.2) is 24.3 Å². The van der Waals surface area contributed by atoms with E-state index in [1.165, 1.54) is 0 Å². The summed E-state index contributed by atoms with van der Waals surface area (Å²) in [6.45, 7) is 2.31. The Kier molecular flexibility index (Phi) is 4.91. The first-order valence-corrected chi connectivity index (χ1v) is 8.41. The van der Waals surface area contributed by atoms with Gasteiger partial charge in [0.15, 0.2) is 0 Å². The number of rotatable bonds is 4. The third kappa shape index (κ3) is 3.32.